The molecule has 0 unspecified atom stereocenters. The fourth-order valence-electron chi connectivity index (χ4n) is 3.62. The van der Waals surface area contributed by atoms with Crippen molar-refractivity contribution in [3.8, 4) is 0 Å². The summed E-state index contributed by atoms with van der Waals surface area (Å²) in [5, 5.41) is 0.638. The monoisotopic (exact) mass is 491 g/mol. The number of hydrogen-bond donors (Lipinski definition) is 0. The molecule has 1 aliphatic heterocycles. The lowest BCUT2D eigenvalue weighted by Crippen LogP contribution is -2.48. The summed E-state index contributed by atoms with van der Waals surface area (Å²) in [6.07, 6.45) is 1.31. The largest absolute Gasteiger partial charge is 0.460 e. The van der Waals surface area contributed by atoms with Gasteiger partial charge in [-0.2, -0.15) is 4.31 Å². The lowest BCUT2D eigenvalue weighted by atomic mass is 9.96. The van der Waals surface area contributed by atoms with E-state index in [2.05, 4.69) is 15.9 Å². The maximum atomic E-state index is 12.9. The Bertz CT molecular complexity index is 1300. The van der Waals surface area contributed by atoms with E-state index in [0.29, 0.717) is 16.5 Å². The van der Waals surface area contributed by atoms with E-state index in [1.54, 1.807) is 18.2 Å². The van der Waals surface area contributed by atoms with Gasteiger partial charge in [-0.25, -0.2) is 13.2 Å². The summed E-state index contributed by atoms with van der Waals surface area (Å²) in [7, 11) is -3.63. The van der Waals surface area contributed by atoms with Gasteiger partial charge < -0.3 is 9.15 Å². The van der Waals surface area contributed by atoms with Crippen LogP contribution in [0.1, 0.15) is 16.7 Å². The van der Waals surface area contributed by atoms with Crippen molar-refractivity contribution in [2.24, 2.45) is 0 Å². The van der Waals surface area contributed by atoms with Gasteiger partial charge in [0.25, 0.3) is 0 Å². The topological polar surface area (TPSA) is 93.9 Å². The minimum Gasteiger partial charge on any atom is -0.460 e. The summed E-state index contributed by atoms with van der Waals surface area (Å²) in [4.78, 5) is 24.7. The molecule has 0 saturated heterocycles. The van der Waals surface area contributed by atoms with Crippen LogP contribution in [0.3, 0.4) is 0 Å². The molecule has 0 amide bonds. The number of halogens is 1. The zero-order valence-electron chi connectivity index (χ0n) is 16.0. The van der Waals surface area contributed by atoms with E-state index < -0.39 is 27.7 Å². The summed E-state index contributed by atoms with van der Waals surface area (Å²) in [6, 6.07) is 12.9. The molecule has 156 valence electrons. The molecule has 0 radical (unpaired) electrons. The quantitative estimate of drug-likeness (QED) is 0.411. The first-order valence-corrected chi connectivity index (χ1v) is 11.8. The highest BCUT2D eigenvalue weighted by Gasteiger charge is 2.37. The van der Waals surface area contributed by atoms with Crippen LogP contribution in [0.4, 0.5) is 0 Å². The molecular formula is C21H18BrNO6S. The van der Waals surface area contributed by atoms with Crippen LogP contribution in [0, 0.1) is 0 Å². The van der Waals surface area contributed by atoms with Crippen LogP contribution in [-0.4, -0.2) is 31.0 Å². The molecule has 0 N–H and O–H groups in total. The Labute approximate surface area is 181 Å². The van der Waals surface area contributed by atoms with E-state index in [1.807, 2.05) is 24.3 Å². The summed E-state index contributed by atoms with van der Waals surface area (Å²) >= 11 is 3.32. The third-order valence-corrected chi connectivity index (χ3v) is 6.79. The molecule has 0 spiro atoms. The van der Waals surface area contributed by atoms with Gasteiger partial charge >= 0.3 is 11.6 Å². The fourth-order valence-corrected chi connectivity index (χ4v) is 4.95. The van der Waals surface area contributed by atoms with Gasteiger partial charge in [0, 0.05) is 34.5 Å². The van der Waals surface area contributed by atoms with Gasteiger partial charge in [0.05, 0.1) is 6.26 Å². The van der Waals surface area contributed by atoms with Crippen LogP contribution < -0.4 is 5.63 Å². The van der Waals surface area contributed by atoms with Crippen LogP contribution in [0.5, 0.6) is 0 Å². The van der Waals surface area contributed by atoms with Crippen LogP contribution >= 0.6 is 15.9 Å². The standard InChI is InChI=1S/C21H18BrNO6S/c1-30(26,27)23-11-14-5-3-2-4-13(14)8-18(23)21(25)28-12-15-9-20(24)29-19-10-16(22)6-7-17(15)19/h2-7,9-10,18H,8,11-12H2,1H3/t18-/m0/s1. The molecule has 0 bridgehead atoms. The van der Waals surface area contributed by atoms with Crippen LogP contribution in [0.2, 0.25) is 0 Å². The van der Waals surface area contributed by atoms with E-state index in [0.717, 1.165) is 26.2 Å². The number of carbonyl (C=O) groups excluding carboxylic acids is 1. The lowest BCUT2D eigenvalue weighted by Gasteiger charge is -2.33. The number of nitrogens with zero attached hydrogens (tertiary/aromatic N) is 1. The highest BCUT2D eigenvalue weighted by molar-refractivity contribution is 9.10. The molecule has 1 atom stereocenters. The Hall–Kier alpha value is -2.49. The molecule has 4 rings (SSSR count). The van der Waals surface area contributed by atoms with Gasteiger partial charge in [-0.15, -0.1) is 0 Å². The molecule has 0 aliphatic carbocycles. The average Bonchev–Trinajstić information content (AvgIpc) is 2.69. The van der Waals surface area contributed by atoms with Gasteiger partial charge in [-0.3, -0.25) is 4.79 Å². The first-order valence-electron chi connectivity index (χ1n) is 9.15. The van der Waals surface area contributed by atoms with E-state index in [1.165, 1.54) is 6.07 Å². The van der Waals surface area contributed by atoms with Crippen molar-refractivity contribution in [2.75, 3.05) is 6.26 Å². The fraction of sp³-hybridized carbons (Fsp3) is 0.238. The summed E-state index contributed by atoms with van der Waals surface area (Å²) in [5.41, 5.74) is 2.08. The van der Waals surface area contributed by atoms with E-state index in [-0.39, 0.29) is 19.6 Å². The number of benzene rings is 2. The van der Waals surface area contributed by atoms with Crippen LogP contribution in [0.25, 0.3) is 11.0 Å². The van der Waals surface area contributed by atoms with Gasteiger partial charge in [0.1, 0.15) is 18.2 Å². The van der Waals surface area contributed by atoms with E-state index in [4.69, 9.17) is 9.15 Å². The molecular weight excluding hydrogens is 474 g/mol. The second-order valence-corrected chi connectivity index (χ2v) is 9.99. The van der Waals surface area contributed by atoms with Crippen molar-refractivity contribution in [1.82, 2.24) is 4.31 Å². The van der Waals surface area contributed by atoms with Crippen LogP contribution in [0.15, 0.2) is 62.2 Å². The Morgan fingerprint density at radius 1 is 1.20 bits per heavy atom. The Morgan fingerprint density at radius 3 is 2.67 bits per heavy atom. The number of ether oxygens (including phenoxy) is 1. The number of esters is 1. The van der Waals surface area contributed by atoms with E-state index >= 15 is 0 Å². The molecule has 2 heterocycles. The average molecular weight is 492 g/mol. The highest BCUT2D eigenvalue weighted by Crippen LogP contribution is 2.27. The minimum absolute atomic E-state index is 0.112. The molecule has 1 aliphatic rings. The van der Waals surface area contributed by atoms with Gasteiger partial charge in [0.2, 0.25) is 10.0 Å². The molecule has 0 saturated carbocycles. The lowest BCUT2D eigenvalue weighted by molar-refractivity contribution is -0.150. The maximum absolute atomic E-state index is 12.9. The third kappa shape index (κ3) is 4.19. The predicted molar refractivity (Wildman–Crippen MR) is 114 cm³/mol. The molecule has 3 aromatic rings. The zero-order valence-corrected chi connectivity index (χ0v) is 18.4. The summed E-state index contributed by atoms with van der Waals surface area (Å²) < 4.78 is 37.2. The van der Waals surface area contributed by atoms with Gasteiger partial charge in [-0.05, 0) is 29.3 Å². The van der Waals surface area contributed by atoms with Gasteiger partial charge in [0.15, 0.2) is 0 Å². The van der Waals surface area contributed by atoms with Crippen molar-refractivity contribution >= 4 is 42.9 Å². The summed E-state index contributed by atoms with van der Waals surface area (Å²) in [6.45, 7) is -0.0566. The first-order chi connectivity index (χ1) is 14.2. The Kier molecular flexibility index (Phi) is 5.52. The van der Waals surface area contributed by atoms with Crippen LogP contribution in [-0.2, 0) is 39.1 Å². The van der Waals surface area contributed by atoms with E-state index in [9.17, 15) is 18.0 Å². The molecule has 0 fully saturated rings. The van der Waals surface area contributed by atoms with Crippen molar-refractivity contribution in [3.63, 3.8) is 0 Å². The van der Waals surface area contributed by atoms with Crippen molar-refractivity contribution in [1.29, 1.82) is 0 Å². The van der Waals surface area contributed by atoms with Gasteiger partial charge in [-0.1, -0.05) is 40.2 Å². The number of sulfonamides is 1. The number of hydrogen-bond acceptors (Lipinski definition) is 6. The molecule has 9 heteroatoms. The SMILES string of the molecule is CS(=O)(=O)N1Cc2ccccc2C[C@H]1C(=O)OCc1cc(=O)oc2cc(Br)ccc12. The van der Waals surface area contributed by atoms with Crippen molar-refractivity contribution < 1.29 is 22.4 Å². The summed E-state index contributed by atoms with van der Waals surface area (Å²) in [5.74, 6) is -0.659. The van der Waals surface area contributed by atoms with Crippen molar-refractivity contribution in [3.05, 3.63) is 80.1 Å². The first kappa shape index (κ1) is 20.8. The predicted octanol–water partition coefficient (Wildman–Crippen LogP) is 2.99. The molecule has 30 heavy (non-hydrogen) atoms. The highest BCUT2D eigenvalue weighted by atomic mass is 79.9. The normalized spacial score (nSPS) is 16.9. The zero-order chi connectivity index (χ0) is 21.5. The second-order valence-electron chi connectivity index (χ2n) is 7.14. The second kappa shape index (κ2) is 7.98. The third-order valence-electron chi connectivity index (χ3n) is 5.07. The number of carbonyl (C=O) groups is 1. The smallest absolute Gasteiger partial charge is 0.336 e. The maximum Gasteiger partial charge on any atom is 0.336 e. The number of fused-ring (bicyclic) bond motifs is 2. The molecule has 7 nitrogen and oxygen atoms in total. The Balaban J connectivity index is 1.61. The Morgan fingerprint density at radius 2 is 1.93 bits per heavy atom. The van der Waals surface area contributed by atoms with Crippen molar-refractivity contribution in [2.45, 2.75) is 25.6 Å². The minimum atomic E-state index is -3.63. The molecule has 1 aromatic heterocycles. The molecule has 2 aromatic carbocycles. The number of rotatable bonds is 4.